The first kappa shape index (κ1) is 10.9. The molecule has 0 aromatic heterocycles. The van der Waals surface area contributed by atoms with Crippen molar-refractivity contribution in [2.24, 2.45) is 11.7 Å². The summed E-state index contributed by atoms with van der Waals surface area (Å²) in [5.41, 5.74) is 5.52. The molecule has 0 spiro atoms. The number of likely N-dealkylation sites (tertiary alicyclic amines) is 1. The van der Waals surface area contributed by atoms with Crippen molar-refractivity contribution in [1.29, 1.82) is 0 Å². The van der Waals surface area contributed by atoms with Crippen molar-refractivity contribution in [3.8, 4) is 0 Å². The Morgan fingerprint density at radius 2 is 2.15 bits per heavy atom. The van der Waals surface area contributed by atoms with Crippen LogP contribution < -0.4 is 5.73 Å². The standard InChI is InChI=1S/C9H19N3S/c1-7-4-12(6-9(10)13)5-8(7)11(2)3/h7-8H,4-6H2,1-3H3,(H2,10,13). The lowest BCUT2D eigenvalue weighted by atomic mass is 10.1. The molecule has 1 saturated heterocycles. The van der Waals surface area contributed by atoms with E-state index in [2.05, 4.69) is 30.8 Å². The van der Waals surface area contributed by atoms with Gasteiger partial charge in [-0.3, -0.25) is 4.90 Å². The second kappa shape index (κ2) is 4.35. The minimum absolute atomic E-state index is 0.603. The topological polar surface area (TPSA) is 32.5 Å². The van der Waals surface area contributed by atoms with E-state index < -0.39 is 0 Å². The van der Waals surface area contributed by atoms with E-state index in [1.807, 2.05) is 0 Å². The first-order chi connectivity index (χ1) is 6.00. The Morgan fingerprint density at radius 3 is 2.54 bits per heavy atom. The zero-order valence-corrected chi connectivity index (χ0v) is 9.47. The second-order valence-corrected chi connectivity index (χ2v) is 4.69. The number of hydrogen-bond donors (Lipinski definition) is 1. The monoisotopic (exact) mass is 201 g/mol. The smallest absolute Gasteiger partial charge is 0.0870 e. The van der Waals surface area contributed by atoms with Crippen molar-refractivity contribution < 1.29 is 0 Å². The molecule has 1 fully saturated rings. The molecule has 13 heavy (non-hydrogen) atoms. The largest absolute Gasteiger partial charge is 0.392 e. The number of nitrogens with two attached hydrogens (primary N) is 1. The van der Waals surface area contributed by atoms with Crippen LogP contribution in [0.4, 0.5) is 0 Å². The van der Waals surface area contributed by atoms with E-state index in [1.165, 1.54) is 0 Å². The van der Waals surface area contributed by atoms with E-state index in [0.29, 0.717) is 16.9 Å². The van der Waals surface area contributed by atoms with Gasteiger partial charge in [-0.05, 0) is 20.0 Å². The molecule has 3 nitrogen and oxygen atoms in total. The van der Waals surface area contributed by atoms with Gasteiger partial charge in [0.05, 0.1) is 4.99 Å². The molecule has 0 amide bonds. The lowest BCUT2D eigenvalue weighted by molar-refractivity contribution is 0.257. The zero-order valence-electron chi connectivity index (χ0n) is 8.66. The van der Waals surface area contributed by atoms with E-state index in [4.69, 9.17) is 18.0 Å². The normalized spacial score (nSPS) is 29.8. The maximum atomic E-state index is 5.52. The molecule has 0 saturated carbocycles. The SMILES string of the molecule is CC1CN(CC(N)=S)CC1N(C)C. The third kappa shape index (κ3) is 2.90. The van der Waals surface area contributed by atoms with E-state index >= 15 is 0 Å². The molecule has 4 heteroatoms. The molecule has 1 aliphatic rings. The third-order valence-corrected chi connectivity index (χ3v) is 2.82. The Hall–Kier alpha value is -0.190. The van der Waals surface area contributed by atoms with Gasteiger partial charge in [-0.25, -0.2) is 0 Å². The molecule has 2 atom stereocenters. The van der Waals surface area contributed by atoms with E-state index in [-0.39, 0.29) is 0 Å². The van der Waals surface area contributed by atoms with Gasteiger partial charge in [0.25, 0.3) is 0 Å². The molecular weight excluding hydrogens is 182 g/mol. The van der Waals surface area contributed by atoms with Crippen LogP contribution in [-0.4, -0.2) is 54.6 Å². The summed E-state index contributed by atoms with van der Waals surface area (Å²) < 4.78 is 0. The van der Waals surface area contributed by atoms with Crippen molar-refractivity contribution in [3.63, 3.8) is 0 Å². The van der Waals surface area contributed by atoms with Gasteiger partial charge < -0.3 is 10.6 Å². The highest BCUT2D eigenvalue weighted by Gasteiger charge is 2.30. The first-order valence-electron chi connectivity index (χ1n) is 4.67. The molecule has 1 rings (SSSR count). The predicted octanol–water partition coefficient (Wildman–Crippen LogP) is 0.154. The van der Waals surface area contributed by atoms with Gasteiger partial charge in [0.1, 0.15) is 0 Å². The first-order valence-corrected chi connectivity index (χ1v) is 5.08. The van der Waals surface area contributed by atoms with Gasteiger partial charge >= 0.3 is 0 Å². The van der Waals surface area contributed by atoms with Gasteiger partial charge in [0.15, 0.2) is 0 Å². The van der Waals surface area contributed by atoms with Gasteiger partial charge in [-0.1, -0.05) is 19.1 Å². The molecule has 0 aliphatic carbocycles. The zero-order chi connectivity index (χ0) is 10.0. The summed E-state index contributed by atoms with van der Waals surface area (Å²) in [6.45, 7) is 5.25. The fourth-order valence-electron chi connectivity index (χ4n) is 2.07. The highest BCUT2D eigenvalue weighted by atomic mass is 32.1. The van der Waals surface area contributed by atoms with Crippen LogP contribution in [-0.2, 0) is 0 Å². The third-order valence-electron chi connectivity index (χ3n) is 2.69. The van der Waals surface area contributed by atoms with Crippen LogP contribution in [0.1, 0.15) is 6.92 Å². The summed E-state index contributed by atoms with van der Waals surface area (Å²) in [4.78, 5) is 5.22. The molecule has 0 radical (unpaired) electrons. The fourth-order valence-corrected chi connectivity index (χ4v) is 2.25. The summed E-state index contributed by atoms with van der Waals surface area (Å²) in [6.07, 6.45) is 0. The van der Waals surface area contributed by atoms with Crippen molar-refractivity contribution >= 4 is 17.2 Å². The Balaban J connectivity index is 2.45. The van der Waals surface area contributed by atoms with Crippen LogP contribution in [0.25, 0.3) is 0 Å². The Morgan fingerprint density at radius 1 is 1.54 bits per heavy atom. The summed E-state index contributed by atoms with van der Waals surface area (Å²) in [7, 11) is 4.26. The van der Waals surface area contributed by atoms with Gasteiger partial charge in [0, 0.05) is 25.7 Å². The molecule has 1 heterocycles. The van der Waals surface area contributed by atoms with Crippen LogP contribution in [0.5, 0.6) is 0 Å². The average molecular weight is 201 g/mol. The molecular formula is C9H19N3S. The summed E-state index contributed by atoms with van der Waals surface area (Å²) in [5.74, 6) is 0.712. The van der Waals surface area contributed by atoms with E-state index in [9.17, 15) is 0 Å². The van der Waals surface area contributed by atoms with Crippen LogP contribution in [0.2, 0.25) is 0 Å². The molecule has 0 aromatic rings. The lowest BCUT2D eigenvalue weighted by Gasteiger charge is -2.22. The van der Waals surface area contributed by atoms with E-state index in [1.54, 1.807) is 0 Å². The predicted molar refractivity (Wildman–Crippen MR) is 59.9 cm³/mol. The van der Waals surface area contributed by atoms with Crippen LogP contribution >= 0.6 is 12.2 Å². The Labute approximate surface area is 85.9 Å². The number of likely N-dealkylation sites (N-methyl/N-ethyl adjacent to an activating group) is 1. The number of hydrogen-bond acceptors (Lipinski definition) is 3. The number of thiocarbonyl (C=S) groups is 1. The minimum atomic E-state index is 0.603. The van der Waals surface area contributed by atoms with Crippen molar-refractivity contribution in [2.75, 3.05) is 33.7 Å². The average Bonchev–Trinajstić information content (AvgIpc) is 2.29. The second-order valence-electron chi connectivity index (χ2n) is 4.17. The minimum Gasteiger partial charge on any atom is -0.392 e. The molecule has 76 valence electrons. The van der Waals surface area contributed by atoms with Crippen LogP contribution in [0, 0.1) is 5.92 Å². The van der Waals surface area contributed by atoms with Gasteiger partial charge in [0.2, 0.25) is 0 Å². The Bertz CT molecular complexity index is 193. The molecule has 2 unspecified atom stereocenters. The van der Waals surface area contributed by atoms with Gasteiger partial charge in [-0.15, -0.1) is 0 Å². The quantitative estimate of drug-likeness (QED) is 0.659. The van der Waals surface area contributed by atoms with Gasteiger partial charge in [-0.2, -0.15) is 0 Å². The summed E-state index contributed by atoms with van der Waals surface area (Å²) >= 11 is 4.90. The highest BCUT2D eigenvalue weighted by Crippen LogP contribution is 2.19. The van der Waals surface area contributed by atoms with Crippen molar-refractivity contribution in [3.05, 3.63) is 0 Å². The molecule has 2 N–H and O–H groups in total. The maximum Gasteiger partial charge on any atom is 0.0870 e. The molecule has 0 bridgehead atoms. The summed E-state index contributed by atoms with van der Waals surface area (Å²) in [5, 5.41) is 0. The van der Waals surface area contributed by atoms with Crippen LogP contribution in [0.3, 0.4) is 0 Å². The highest BCUT2D eigenvalue weighted by molar-refractivity contribution is 7.80. The van der Waals surface area contributed by atoms with E-state index in [0.717, 1.165) is 19.6 Å². The number of rotatable bonds is 3. The summed E-state index contributed by atoms with van der Waals surface area (Å²) in [6, 6.07) is 0.648. The fraction of sp³-hybridized carbons (Fsp3) is 0.889. The number of nitrogens with zero attached hydrogens (tertiary/aromatic N) is 2. The van der Waals surface area contributed by atoms with Crippen LogP contribution in [0.15, 0.2) is 0 Å². The lowest BCUT2D eigenvalue weighted by Crippen LogP contribution is -2.36. The molecule has 0 aromatic carbocycles. The maximum absolute atomic E-state index is 5.52. The Kier molecular flexibility index (Phi) is 3.64. The van der Waals surface area contributed by atoms with Crippen molar-refractivity contribution in [1.82, 2.24) is 9.80 Å². The molecule has 1 aliphatic heterocycles. The van der Waals surface area contributed by atoms with Crippen molar-refractivity contribution in [2.45, 2.75) is 13.0 Å².